The lowest BCUT2D eigenvalue weighted by molar-refractivity contribution is -0.364. The number of fused-ring (bicyclic) bond motifs is 10. The molecule has 11 aliphatic rings. The van der Waals surface area contributed by atoms with Crippen LogP contribution in [-0.2, 0) is 52.1 Å². The predicted octanol–water partition coefficient (Wildman–Crippen LogP) is 2.15. The highest BCUT2D eigenvalue weighted by Gasteiger charge is 2.64. The van der Waals surface area contributed by atoms with Crippen LogP contribution in [0.1, 0.15) is 228 Å². The van der Waals surface area contributed by atoms with Gasteiger partial charge in [0.1, 0.15) is 104 Å². The van der Waals surface area contributed by atoms with Crippen molar-refractivity contribution in [2.45, 2.75) is 394 Å². The molecule has 44 atom stereocenters. The molecule has 0 radical (unpaired) electrons. The van der Waals surface area contributed by atoms with E-state index in [1.807, 2.05) is 0 Å². The van der Waals surface area contributed by atoms with Crippen molar-refractivity contribution in [3.8, 4) is 0 Å². The molecule has 3 heterocycles. The van der Waals surface area contributed by atoms with Gasteiger partial charge in [0.25, 0.3) is 0 Å². The van der Waals surface area contributed by atoms with Crippen molar-refractivity contribution >= 4 is 0 Å². The summed E-state index contributed by atoms with van der Waals surface area (Å²) in [6, 6.07) is 0. The summed E-state index contributed by atoms with van der Waals surface area (Å²) in [6.07, 6.45) is -32.7. The van der Waals surface area contributed by atoms with E-state index in [0.717, 1.165) is 83.5 Å². The summed E-state index contributed by atoms with van der Waals surface area (Å²) < 4.78 is 64.4. The third-order valence-electron chi connectivity index (χ3n) is 35.9. The van der Waals surface area contributed by atoms with E-state index in [4.69, 9.17) is 57.2 Å². The summed E-state index contributed by atoms with van der Waals surface area (Å²) in [5.41, 5.74) is -1.85. The lowest BCUT2D eigenvalue weighted by Gasteiger charge is -2.61. The molecule has 8 aliphatic carbocycles. The van der Waals surface area contributed by atoms with E-state index in [1.165, 1.54) is 0 Å². The summed E-state index contributed by atoms with van der Waals surface area (Å²) in [7, 11) is 0. The molecule has 8 saturated carbocycles. The maximum atomic E-state index is 12.1. The highest BCUT2D eigenvalue weighted by atomic mass is 16.8. The standard InChI is InChI=1S/C99H168O44/c1-46(54-15-17-56-52-13-11-48-39-50(19-30-95(48,3)58(52)21-32-97(54,56)5)135-89(130)82(124)71(113)63(26-37-103)138-91(132)79(121)69(111)61(109)24-35-101)9-7-28-99(44-133-87(128)80(122)70(112)62(25-36-102)137-90(131)78(120)68(110)60(108)23-34-100,45-134-88(129)81(123)72(114)64(27-38-104)139-93-83(125)75(117)73(115)65(41-105)140-93)29-8-10-47(2)55-16-18-57-53-14-12-49-40-51(20-31-96(49,4)59(53)22-33-98(55,57)6)136-92-85(127)77(119)86(67(43-107)142-92)143-94-84(126)76(118)74(116)66(42-106)141-94/h46-67,73-77,83-94,100-132H,7-45H2,1-6H3/b78-68+,79-69-,80-70+,81-72+,82-71+/t46?,47?,48?,49?,50?,51?,52?,53?,54?,55?,56?,57?,58?,59?,60-,61+,62-,63+,64+,65?,66?,67?,73+,74-,75?,76?,77?,83?,84?,85?,86-,87+,88-,89-,90-,91+,92-,93-,94-,95?,96?,97?,98?,99?/m1/s1. The molecule has 11 fully saturated rings. The molecule has 828 valence electrons. The van der Waals surface area contributed by atoms with E-state index in [-0.39, 0.29) is 70.0 Å². The molecule has 0 aromatic carbocycles. The van der Waals surface area contributed by atoms with Crippen LogP contribution in [0.15, 0.2) is 57.6 Å². The minimum absolute atomic E-state index is 0.0592. The molecule has 44 nitrogen and oxygen atoms in total. The van der Waals surface area contributed by atoms with Crippen molar-refractivity contribution in [2.24, 2.45) is 98.1 Å². The zero-order chi connectivity index (χ0) is 105. The van der Waals surface area contributed by atoms with Gasteiger partial charge in [-0.15, -0.1) is 0 Å². The van der Waals surface area contributed by atoms with Gasteiger partial charge >= 0.3 is 0 Å². The number of hydrogen-bond donors (Lipinski definition) is 33. The molecule has 3 aliphatic heterocycles. The third-order valence-corrected chi connectivity index (χ3v) is 35.9. The van der Waals surface area contributed by atoms with E-state index in [9.17, 15) is 163 Å². The van der Waals surface area contributed by atoms with Crippen LogP contribution in [0.3, 0.4) is 0 Å². The minimum Gasteiger partial charge on any atom is -0.506 e. The van der Waals surface area contributed by atoms with Gasteiger partial charge in [-0.1, -0.05) is 67.2 Å². The maximum absolute atomic E-state index is 12.1. The van der Waals surface area contributed by atoms with Crippen molar-refractivity contribution in [1.29, 1.82) is 0 Å². The Labute approximate surface area is 832 Å². The van der Waals surface area contributed by atoms with Crippen molar-refractivity contribution in [3.63, 3.8) is 0 Å². The number of rotatable bonds is 51. The van der Waals surface area contributed by atoms with Gasteiger partial charge in [0.2, 0.25) is 31.5 Å². The van der Waals surface area contributed by atoms with E-state index in [2.05, 4.69) is 41.5 Å². The Kier molecular flexibility index (Phi) is 42.8. The van der Waals surface area contributed by atoms with Gasteiger partial charge in [0.15, 0.2) is 76.5 Å². The lowest BCUT2D eigenvalue weighted by atomic mass is 9.44. The fourth-order valence-electron chi connectivity index (χ4n) is 27.8. The van der Waals surface area contributed by atoms with Crippen LogP contribution in [0.25, 0.3) is 0 Å². The number of aliphatic hydroxyl groups excluding tert-OH is 33. The zero-order valence-electron chi connectivity index (χ0n) is 82.8. The summed E-state index contributed by atoms with van der Waals surface area (Å²) in [6.45, 7) is 7.02. The van der Waals surface area contributed by atoms with Gasteiger partial charge in [-0.3, -0.25) is 0 Å². The SMILES string of the molecule is CC(CCCC(CCCC(C)C1CCC2C3CCC4CC(O[C@@H](O)/C(O)=C(\O)[C@H](CCO)O[C@H](O)/C(O)=C(/O)[C@@H](O)CCO)CCC4(C)C3CCC12C)(CO[C@@H](O)/C(O)=C(\O)[C@H](CCO)O[C@@H]1OC(CO)[C@H](O)C(O)C1O)CO[C@H](O)/C(O)=C(\O)[C@@H](CCO)O[C@@H](O)/C(O)=C(\O)[C@H](O)CCO)C1CCC2C3CCC4CC(O[C@@H]5OC(CO)[C@@H](O[C@H]6OC(CO)[C@@H](O)C(O)C6O)C(O)C5O)CCC4(C)C3CCC12C. The first-order chi connectivity index (χ1) is 67.7. The van der Waals surface area contributed by atoms with E-state index < -0.39 is 327 Å². The molecule has 0 aromatic heterocycles. The van der Waals surface area contributed by atoms with Crippen LogP contribution in [-0.4, -0.2) is 401 Å². The smallest absolute Gasteiger partial charge is 0.218 e. The van der Waals surface area contributed by atoms with Crippen molar-refractivity contribution in [3.05, 3.63) is 57.6 Å². The molecule has 0 aromatic rings. The Morgan fingerprint density at radius 1 is 0.329 bits per heavy atom. The van der Waals surface area contributed by atoms with Crippen LogP contribution < -0.4 is 0 Å². The topological polar surface area (TPSA) is 769 Å². The van der Waals surface area contributed by atoms with E-state index >= 15 is 0 Å². The predicted molar refractivity (Wildman–Crippen MR) is 497 cm³/mol. The quantitative estimate of drug-likeness (QED) is 0.0236. The maximum Gasteiger partial charge on any atom is 0.218 e. The number of aliphatic hydroxyl groups is 33. The average Bonchev–Trinajstić information content (AvgIpc) is 1.64. The van der Waals surface area contributed by atoms with Crippen LogP contribution in [0, 0.1) is 98.1 Å². The van der Waals surface area contributed by atoms with Gasteiger partial charge in [-0.05, 0) is 221 Å². The van der Waals surface area contributed by atoms with Crippen LogP contribution >= 0.6 is 0 Å². The van der Waals surface area contributed by atoms with Gasteiger partial charge in [0.05, 0.1) is 45.2 Å². The highest BCUT2D eigenvalue weighted by Crippen LogP contribution is 2.71. The molecular weight excluding hydrogens is 1890 g/mol. The monoisotopic (exact) mass is 2060 g/mol. The first-order valence-electron chi connectivity index (χ1n) is 51.5. The summed E-state index contributed by atoms with van der Waals surface area (Å²) in [4.78, 5) is 0. The molecule has 143 heavy (non-hydrogen) atoms. The summed E-state index contributed by atoms with van der Waals surface area (Å²) in [5.74, 6) is -9.02. The molecule has 28 unspecified atom stereocenters. The summed E-state index contributed by atoms with van der Waals surface area (Å²) in [5, 5.41) is 354. The van der Waals surface area contributed by atoms with Gasteiger partial charge in [-0.2, -0.15) is 0 Å². The Morgan fingerprint density at radius 3 is 1.12 bits per heavy atom. The highest BCUT2D eigenvalue weighted by molar-refractivity contribution is 5.17. The van der Waals surface area contributed by atoms with Gasteiger partial charge in [0, 0.05) is 70.6 Å². The fraction of sp³-hybridized carbons (Fsp3) is 0.899. The Bertz CT molecular complexity index is 4100. The third kappa shape index (κ3) is 26.1. The molecule has 0 amide bonds. The summed E-state index contributed by atoms with van der Waals surface area (Å²) >= 11 is 0. The van der Waals surface area contributed by atoms with Crippen LogP contribution in [0.5, 0.6) is 0 Å². The largest absolute Gasteiger partial charge is 0.506 e. The van der Waals surface area contributed by atoms with E-state index in [1.54, 1.807) is 0 Å². The average molecular weight is 2060 g/mol. The van der Waals surface area contributed by atoms with Gasteiger partial charge < -0.3 is 221 Å². The minimum atomic E-state index is -2.55. The van der Waals surface area contributed by atoms with Crippen LogP contribution in [0.4, 0.5) is 0 Å². The van der Waals surface area contributed by atoms with Crippen molar-refractivity contribution in [2.75, 3.05) is 66.1 Å². The Hall–Kier alpha value is -4.66. The molecule has 3 saturated heterocycles. The Balaban J connectivity index is 0.816. The fourth-order valence-corrected chi connectivity index (χ4v) is 27.8. The first kappa shape index (κ1) is 119. The number of hydrogen-bond acceptors (Lipinski definition) is 44. The van der Waals surface area contributed by atoms with Crippen LogP contribution in [0.2, 0.25) is 0 Å². The van der Waals surface area contributed by atoms with E-state index in [0.29, 0.717) is 93.3 Å². The van der Waals surface area contributed by atoms with Gasteiger partial charge in [-0.25, -0.2) is 0 Å². The molecule has 11 rings (SSSR count). The second kappa shape index (κ2) is 51.6. The second-order valence-electron chi connectivity index (χ2n) is 44.0. The molecule has 0 bridgehead atoms. The molecular formula is C99H168O44. The Morgan fingerprint density at radius 2 is 0.685 bits per heavy atom. The van der Waals surface area contributed by atoms with Crippen molar-refractivity contribution in [1.82, 2.24) is 0 Å². The second-order valence-corrected chi connectivity index (χ2v) is 44.0. The number of ether oxygens (including phenoxy) is 11. The lowest BCUT2D eigenvalue weighted by Crippen LogP contribution is -2.65. The van der Waals surface area contributed by atoms with Crippen molar-refractivity contribution < 1.29 is 221 Å². The normalized spacial score (nSPS) is 40.2. The molecule has 0 spiro atoms. The molecule has 33 N–H and O–H groups in total. The zero-order valence-corrected chi connectivity index (χ0v) is 82.8. The molecule has 44 heteroatoms. The first-order valence-corrected chi connectivity index (χ1v) is 51.5.